The van der Waals surface area contributed by atoms with Crippen molar-refractivity contribution >= 4 is 11.8 Å². The molecule has 0 bridgehead atoms. The van der Waals surface area contributed by atoms with E-state index >= 15 is 0 Å². The summed E-state index contributed by atoms with van der Waals surface area (Å²) in [5.41, 5.74) is 0. The van der Waals surface area contributed by atoms with E-state index in [1.165, 1.54) is 0 Å². The maximum absolute atomic E-state index is 11.7. The molecule has 0 spiro atoms. The molecule has 5 heteroatoms. The number of nitrogens with one attached hydrogen (secondary N) is 1. The van der Waals surface area contributed by atoms with Crippen LogP contribution in [-0.4, -0.2) is 60.9 Å². The first kappa shape index (κ1) is 10.4. The highest BCUT2D eigenvalue weighted by Gasteiger charge is 2.29. The Morgan fingerprint density at radius 2 is 1.73 bits per heavy atom. The molecule has 5 nitrogen and oxygen atoms in total. The molecule has 1 N–H and O–H groups in total. The molecule has 2 rings (SSSR count). The van der Waals surface area contributed by atoms with Crippen molar-refractivity contribution < 1.29 is 9.59 Å². The standard InChI is InChI=1S/C10H17N3O2/c1-12-4-6-13(7-5-12)10(15)9(14)11-8-2-3-8/h8H,2-7H2,1H3,(H,11,14). The van der Waals surface area contributed by atoms with Gasteiger partial charge in [0.1, 0.15) is 0 Å². The van der Waals surface area contributed by atoms with Gasteiger partial charge in [-0.25, -0.2) is 0 Å². The van der Waals surface area contributed by atoms with Crippen LogP contribution < -0.4 is 5.32 Å². The first-order chi connectivity index (χ1) is 7.16. The Bertz CT molecular complexity index is 268. The SMILES string of the molecule is CN1CCN(C(=O)C(=O)NC2CC2)CC1. The van der Waals surface area contributed by atoms with Gasteiger partial charge in [-0.2, -0.15) is 0 Å². The van der Waals surface area contributed by atoms with Crippen LogP contribution in [0.5, 0.6) is 0 Å². The summed E-state index contributed by atoms with van der Waals surface area (Å²) in [5.74, 6) is -0.794. The summed E-state index contributed by atoms with van der Waals surface area (Å²) < 4.78 is 0. The van der Waals surface area contributed by atoms with E-state index in [4.69, 9.17) is 0 Å². The zero-order valence-electron chi connectivity index (χ0n) is 9.03. The van der Waals surface area contributed by atoms with Crippen molar-refractivity contribution in [2.45, 2.75) is 18.9 Å². The third kappa shape index (κ3) is 2.68. The van der Waals surface area contributed by atoms with Gasteiger partial charge in [0.15, 0.2) is 0 Å². The normalized spacial score (nSPS) is 22.6. The van der Waals surface area contributed by atoms with Gasteiger partial charge in [0.25, 0.3) is 0 Å². The predicted molar refractivity (Wildman–Crippen MR) is 55.2 cm³/mol. The van der Waals surface area contributed by atoms with Crippen LogP contribution in [0.2, 0.25) is 0 Å². The van der Waals surface area contributed by atoms with Gasteiger partial charge in [-0.15, -0.1) is 0 Å². The van der Waals surface area contributed by atoms with E-state index < -0.39 is 5.91 Å². The molecule has 2 fully saturated rings. The van der Waals surface area contributed by atoms with E-state index in [1.807, 2.05) is 7.05 Å². The smallest absolute Gasteiger partial charge is 0.311 e. The van der Waals surface area contributed by atoms with Crippen LogP contribution in [-0.2, 0) is 9.59 Å². The number of hydrogen-bond donors (Lipinski definition) is 1. The Morgan fingerprint density at radius 3 is 2.27 bits per heavy atom. The molecule has 1 saturated carbocycles. The van der Waals surface area contributed by atoms with Crippen molar-refractivity contribution in [3.63, 3.8) is 0 Å². The minimum atomic E-state index is -0.429. The molecular formula is C10H17N3O2. The van der Waals surface area contributed by atoms with Gasteiger partial charge in [0, 0.05) is 32.2 Å². The number of rotatable bonds is 1. The van der Waals surface area contributed by atoms with Crippen molar-refractivity contribution in [2.24, 2.45) is 0 Å². The molecule has 0 aromatic rings. The third-order valence-corrected chi connectivity index (χ3v) is 2.90. The van der Waals surface area contributed by atoms with Gasteiger partial charge in [0.05, 0.1) is 0 Å². The van der Waals surface area contributed by atoms with E-state index in [1.54, 1.807) is 4.90 Å². The molecule has 1 aliphatic heterocycles. The second-order valence-electron chi connectivity index (χ2n) is 4.34. The summed E-state index contributed by atoms with van der Waals surface area (Å²) in [7, 11) is 2.02. The Balaban J connectivity index is 1.81. The summed E-state index contributed by atoms with van der Waals surface area (Å²) in [4.78, 5) is 26.9. The highest BCUT2D eigenvalue weighted by Crippen LogP contribution is 2.18. The lowest BCUT2D eigenvalue weighted by molar-refractivity contribution is -0.146. The van der Waals surface area contributed by atoms with Gasteiger partial charge in [-0.3, -0.25) is 9.59 Å². The lowest BCUT2D eigenvalue weighted by atomic mass is 10.3. The van der Waals surface area contributed by atoms with Crippen LogP contribution in [0.3, 0.4) is 0 Å². The van der Waals surface area contributed by atoms with Crippen LogP contribution in [0.4, 0.5) is 0 Å². The van der Waals surface area contributed by atoms with Crippen LogP contribution >= 0.6 is 0 Å². The first-order valence-electron chi connectivity index (χ1n) is 5.45. The Labute approximate surface area is 89.4 Å². The number of hydrogen-bond acceptors (Lipinski definition) is 3. The van der Waals surface area contributed by atoms with Gasteiger partial charge < -0.3 is 15.1 Å². The maximum atomic E-state index is 11.7. The fourth-order valence-electron chi connectivity index (χ4n) is 1.63. The average Bonchev–Trinajstić information content (AvgIpc) is 3.02. The van der Waals surface area contributed by atoms with Crippen molar-refractivity contribution in [1.29, 1.82) is 0 Å². The zero-order valence-corrected chi connectivity index (χ0v) is 9.03. The molecule has 1 saturated heterocycles. The van der Waals surface area contributed by atoms with E-state index in [9.17, 15) is 9.59 Å². The lowest BCUT2D eigenvalue weighted by Crippen LogP contribution is -2.51. The summed E-state index contributed by atoms with van der Waals surface area (Å²) in [5, 5.41) is 2.72. The van der Waals surface area contributed by atoms with Gasteiger partial charge in [0.2, 0.25) is 0 Å². The fourth-order valence-corrected chi connectivity index (χ4v) is 1.63. The summed E-state index contributed by atoms with van der Waals surface area (Å²) in [6.07, 6.45) is 2.03. The predicted octanol–water partition coefficient (Wildman–Crippen LogP) is -0.961. The highest BCUT2D eigenvalue weighted by molar-refractivity contribution is 6.35. The molecule has 0 unspecified atom stereocenters. The third-order valence-electron chi connectivity index (χ3n) is 2.90. The molecule has 0 radical (unpaired) electrons. The van der Waals surface area contributed by atoms with Crippen molar-refractivity contribution in [2.75, 3.05) is 33.2 Å². The molecule has 2 amide bonds. The highest BCUT2D eigenvalue weighted by atomic mass is 16.2. The number of carbonyl (C=O) groups excluding carboxylic acids is 2. The van der Waals surface area contributed by atoms with E-state index in [-0.39, 0.29) is 11.9 Å². The molecular weight excluding hydrogens is 194 g/mol. The van der Waals surface area contributed by atoms with E-state index in [0.29, 0.717) is 13.1 Å². The molecule has 2 aliphatic rings. The van der Waals surface area contributed by atoms with Crippen LogP contribution in [0.1, 0.15) is 12.8 Å². The minimum absolute atomic E-state index is 0.258. The van der Waals surface area contributed by atoms with Gasteiger partial charge in [-0.05, 0) is 19.9 Å². The second-order valence-corrected chi connectivity index (χ2v) is 4.34. The number of likely N-dealkylation sites (N-methyl/N-ethyl adjacent to an activating group) is 1. The number of amides is 2. The van der Waals surface area contributed by atoms with E-state index in [2.05, 4.69) is 10.2 Å². The summed E-state index contributed by atoms with van der Waals surface area (Å²) in [6, 6.07) is 0.258. The largest absolute Gasteiger partial charge is 0.345 e. The molecule has 0 aromatic carbocycles. The van der Waals surface area contributed by atoms with Gasteiger partial charge in [-0.1, -0.05) is 0 Å². The Morgan fingerprint density at radius 1 is 1.13 bits per heavy atom. The summed E-state index contributed by atoms with van der Waals surface area (Å²) >= 11 is 0. The topological polar surface area (TPSA) is 52.7 Å². The zero-order chi connectivity index (χ0) is 10.8. The fraction of sp³-hybridized carbons (Fsp3) is 0.800. The summed E-state index contributed by atoms with van der Waals surface area (Å²) in [6.45, 7) is 3.02. The van der Waals surface area contributed by atoms with Crippen LogP contribution in [0, 0.1) is 0 Å². The van der Waals surface area contributed by atoms with Crippen LogP contribution in [0.25, 0.3) is 0 Å². The number of carbonyl (C=O) groups is 2. The molecule has 84 valence electrons. The number of nitrogens with zero attached hydrogens (tertiary/aromatic N) is 2. The maximum Gasteiger partial charge on any atom is 0.311 e. The average molecular weight is 211 g/mol. The first-order valence-corrected chi connectivity index (χ1v) is 5.45. The monoisotopic (exact) mass is 211 g/mol. The Hall–Kier alpha value is -1.10. The van der Waals surface area contributed by atoms with Gasteiger partial charge >= 0.3 is 11.8 Å². The molecule has 0 atom stereocenters. The van der Waals surface area contributed by atoms with Crippen molar-refractivity contribution in [3.8, 4) is 0 Å². The quantitative estimate of drug-likeness (QED) is 0.568. The van der Waals surface area contributed by atoms with Crippen molar-refractivity contribution in [3.05, 3.63) is 0 Å². The van der Waals surface area contributed by atoms with E-state index in [0.717, 1.165) is 25.9 Å². The molecule has 0 aromatic heterocycles. The Kier molecular flexibility index (Phi) is 2.90. The number of piperazine rings is 1. The van der Waals surface area contributed by atoms with Crippen LogP contribution in [0.15, 0.2) is 0 Å². The molecule has 15 heavy (non-hydrogen) atoms. The molecule has 1 heterocycles. The lowest BCUT2D eigenvalue weighted by Gasteiger charge is -2.31. The second kappa shape index (κ2) is 4.18. The van der Waals surface area contributed by atoms with Crippen molar-refractivity contribution in [1.82, 2.24) is 15.1 Å². The molecule has 1 aliphatic carbocycles. The minimum Gasteiger partial charge on any atom is -0.345 e.